The molecule has 0 aliphatic rings. The fourth-order valence-electron chi connectivity index (χ4n) is 2.14. The van der Waals surface area contributed by atoms with Gasteiger partial charge in [0.1, 0.15) is 6.04 Å². The molecule has 0 fully saturated rings. The summed E-state index contributed by atoms with van der Waals surface area (Å²) in [5.74, 6) is 0.0463. The van der Waals surface area contributed by atoms with Crippen molar-refractivity contribution in [2.45, 2.75) is 44.0 Å². The Bertz CT molecular complexity index is 740. The molecule has 6 nitrogen and oxygen atoms in total. The molecule has 1 rings (SSSR count). The lowest BCUT2D eigenvalue weighted by Crippen LogP contribution is -2.54. The van der Waals surface area contributed by atoms with Crippen molar-refractivity contribution in [2.24, 2.45) is 0 Å². The highest BCUT2D eigenvalue weighted by atomic mass is 33.1. The number of quaternary nitrogens is 1. The highest BCUT2D eigenvalue weighted by Crippen LogP contribution is 2.29. The van der Waals surface area contributed by atoms with Crippen molar-refractivity contribution in [1.29, 1.82) is 0 Å². The topological polar surface area (TPSA) is 91.3 Å². The Morgan fingerprint density at radius 3 is 2.12 bits per heavy atom. The van der Waals surface area contributed by atoms with Gasteiger partial charge in [-0.05, 0) is 36.3 Å². The van der Waals surface area contributed by atoms with Gasteiger partial charge in [0.2, 0.25) is 8.87 Å². The van der Waals surface area contributed by atoms with Crippen molar-refractivity contribution < 1.29 is 25.3 Å². The molecule has 0 saturated heterocycles. The molecular weight excluding hydrogens is 370 g/mol. The van der Waals surface area contributed by atoms with Crippen LogP contribution in [0.3, 0.4) is 0 Å². The highest BCUT2D eigenvalue weighted by molar-refractivity contribution is 8.72. The molecule has 1 atom stereocenters. The molecular formula is C15H25NO5S3. The monoisotopic (exact) mass is 395 g/mol. The second kappa shape index (κ2) is 8.18. The Balaban J connectivity index is 2.97. The second-order valence-electron chi connectivity index (χ2n) is 6.21. The molecule has 0 aliphatic carbocycles. The van der Waals surface area contributed by atoms with Crippen LogP contribution in [0.1, 0.15) is 31.7 Å². The maximum Gasteiger partial charge on any atom is 0.254 e. The smallest absolute Gasteiger partial charge is 0.254 e. The van der Waals surface area contributed by atoms with E-state index in [1.807, 2.05) is 13.8 Å². The Labute approximate surface area is 149 Å². The van der Waals surface area contributed by atoms with Crippen LogP contribution in [0, 0.1) is 6.92 Å². The minimum atomic E-state index is -4.59. The van der Waals surface area contributed by atoms with Gasteiger partial charge in [0.25, 0.3) is 10.3 Å². The van der Waals surface area contributed by atoms with Crippen LogP contribution in [-0.4, -0.2) is 51.2 Å². The zero-order valence-corrected chi connectivity index (χ0v) is 16.9. The van der Waals surface area contributed by atoms with Crippen molar-refractivity contribution in [3.05, 3.63) is 29.8 Å². The quantitative estimate of drug-likeness (QED) is 0.362. The van der Waals surface area contributed by atoms with E-state index in [9.17, 15) is 21.4 Å². The van der Waals surface area contributed by atoms with Gasteiger partial charge in [-0.1, -0.05) is 31.0 Å². The maximum atomic E-state index is 12.4. The molecule has 0 N–H and O–H groups in total. The van der Waals surface area contributed by atoms with Crippen LogP contribution in [0.15, 0.2) is 29.2 Å². The van der Waals surface area contributed by atoms with Gasteiger partial charge < -0.3 is 4.55 Å². The molecule has 1 aromatic rings. The van der Waals surface area contributed by atoms with E-state index in [1.165, 1.54) is 26.2 Å². The van der Waals surface area contributed by atoms with Gasteiger partial charge in [-0.15, -0.1) is 0 Å². The first-order valence-electron chi connectivity index (χ1n) is 7.67. The lowest BCUT2D eigenvalue weighted by molar-refractivity contribution is -0.793. The minimum absolute atomic E-state index is 0.0463. The Morgan fingerprint density at radius 1 is 1.12 bits per heavy atom. The highest BCUT2D eigenvalue weighted by Gasteiger charge is 2.35. The Morgan fingerprint density at radius 2 is 1.67 bits per heavy atom. The van der Waals surface area contributed by atoms with Crippen LogP contribution in [0.25, 0.3) is 0 Å². The third kappa shape index (κ3) is 5.45. The van der Waals surface area contributed by atoms with Crippen LogP contribution in [0.2, 0.25) is 0 Å². The van der Waals surface area contributed by atoms with Crippen molar-refractivity contribution in [1.82, 2.24) is 0 Å². The first-order chi connectivity index (χ1) is 10.9. The second-order valence-corrected chi connectivity index (χ2v) is 12.0. The maximum absolute atomic E-state index is 12.4. The zero-order valence-electron chi connectivity index (χ0n) is 14.4. The molecule has 0 saturated carbocycles. The number of unbranched alkanes of at least 4 members (excludes halogenated alkanes) is 1. The van der Waals surface area contributed by atoms with E-state index in [1.54, 1.807) is 12.1 Å². The van der Waals surface area contributed by atoms with Gasteiger partial charge >= 0.3 is 0 Å². The van der Waals surface area contributed by atoms with E-state index in [-0.39, 0.29) is 10.6 Å². The van der Waals surface area contributed by atoms with Crippen LogP contribution in [0.4, 0.5) is 0 Å². The summed E-state index contributed by atoms with van der Waals surface area (Å²) in [4.78, 5) is 0.183. The van der Waals surface area contributed by atoms with Gasteiger partial charge in [0, 0.05) is 6.42 Å². The average Bonchev–Trinajstić information content (AvgIpc) is 2.46. The van der Waals surface area contributed by atoms with Crippen LogP contribution in [-0.2, 0) is 19.2 Å². The largest absolute Gasteiger partial charge is 0.702 e. The van der Waals surface area contributed by atoms with Gasteiger partial charge in [0.05, 0.1) is 24.7 Å². The fraction of sp³-hybridized carbons (Fsp3) is 0.600. The third-order valence-corrected chi connectivity index (χ3v) is 9.12. The normalized spacial score (nSPS) is 14.5. The number of benzene rings is 1. The van der Waals surface area contributed by atoms with E-state index in [4.69, 9.17) is 0 Å². The number of hydrogen-bond donors (Lipinski definition) is 0. The van der Waals surface area contributed by atoms with Gasteiger partial charge in [-0.3, -0.25) is 0 Å². The third-order valence-electron chi connectivity index (χ3n) is 4.07. The van der Waals surface area contributed by atoms with Crippen molar-refractivity contribution >= 4 is 30.0 Å². The summed E-state index contributed by atoms with van der Waals surface area (Å²) in [5, 5.41) is 0. The van der Waals surface area contributed by atoms with E-state index in [0.717, 1.165) is 18.4 Å². The standard InChI is InChI=1S/C15H25NO5S3/c1-5-6-7-14(16(3,4)24(19,20)21)12-22-23(17,18)15-10-8-13(2)9-11-15/h8-11,14H,5-7,12H2,1-4H3. The van der Waals surface area contributed by atoms with Crippen LogP contribution >= 0.6 is 10.8 Å². The predicted molar refractivity (Wildman–Crippen MR) is 95.9 cm³/mol. The summed E-state index contributed by atoms with van der Waals surface area (Å²) in [6.45, 7) is 3.82. The summed E-state index contributed by atoms with van der Waals surface area (Å²) in [7, 11) is -4.85. The molecule has 0 aliphatic heterocycles. The first-order valence-corrected chi connectivity index (χ1v) is 12.0. The van der Waals surface area contributed by atoms with Gasteiger partial charge in [0.15, 0.2) is 0 Å². The molecule has 0 spiro atoms. The van der Waals surface area contributed by atoms with Gasteiger partial charge in [-0.25, -0.2) is 12.3 Å². The van der Waals surface area contributed by atoms with E-state index in [0.29, 0.717) is 17.2 Å². The number of hydrogen-bond acceptors (Lipinski definition) is 6. The van der Waals surface area contributed by atoms with E-state index >= 15 is 0 Å². The van der Waals surface area contributed by atoms with Crippen LogP contribution in [0.5, 0.6) is 0 Å². The summed E-state index contributed by atoms with van der Waals surface area (Å²) in [6.07, 6.45) is 2.04. The average molecular weight is 396 g/mol. The molecule has 9 heteroatoms. The minimum Gasteiger partial charge on any atom is -0.702 e. The van der Waals surface area contributed by atoms with E-state index < -0.39 is 29.1 Å². The number of nitrogens with zero attached hydrogens (tertiary/aromatic N) is 1. The first kappa shape index (κ1) is 21.4. The molecule has 138 valence electrons. The lowest BCUT2D eigenvalue weighted by atomic mass is 10.1. The molecule has 0 heterocycles. The fourth-order valence-corrected chi connectivity index (χ4v) is 6.01. The van der Waals surface area contributed by atoms with Gasteiger partial charge in [-0.2, -0.15) is 8.42 Å². The van der Waals surface area contributed by atoms with Crippen molar-refractivity contribution in [2.75, 3.05) is 19.8 Å². The summed E-state index contributed by atoms with van der Waals surface area (Å²) in [6, 6.07) is 5.90. The van der Waals surface area contributed by atoms with Crippen LogP contribution < -0.4 is 0 Å². The predicted octanol–water partition coefficient (Wildman–Crippen LogP) is 2.51. The molecule has 0 aromatic heterocycles. The summed E-state index contributed by atoms with van der Waals surface area (Å²) < 4.78 is 58.7. The molecule has 0 bridgehead atoms. The van der Waals surface area contributed by atoms with Crippen molar-refractivity contribution in [3.63, 3.8) is 0 Å². The Kier molecular flexibility index (Phi) is 7.30. The molecule has 0 radical (unpaired) electrons. The SMILES string of the molecule is CCCCC(CSS(=O)(=O)c1ccc(C)cc1)[N+](C)(C)S(=O)(=O)[O-]. The molecule has 1 unspecified atom stereocenters. The zero-order chi connectivity index (χ0) is 18.6. The molecule has 24 heavy (non-hydrogen) atoms. The Hall–Kier alpha value is -0.610. The molecule has 1 aromatic carbocycles. The number of aryl methyl sites for hydroxylation is 1. The summed E-state index contributed by atoms with van der Waals surface area (Å²) in [5.41, 5.74) is 0.954. The summed E-state index contributed by atoms with van der Waals surface area (Å²) >= 11 is 0. The lowest BCUT2D eigenvalue weighted by Gasteiger charge is -2.38. The van der Waals surface area contributed by atoms with E-state index in [2.05, 4.69) is 0 Å². The van der Waals surface area contributed by atoms with Crippen molar-refractivity contribution in [3.8, 4) is 0 Å². The molecule has 0 amide bonds. The number of rotatable bonds is 9.